The van der Waals surface area contributed by atoms with Gasteiger partial charge in [0.15, 0.2) is 0 Å². The van der Waals surface area contributed by atoms with Gasteiger partial charge in [-0.3, -0.25) is 0 Å². The van der Waals surface area contributed by atoms with Gasteiger partial charge < -0.3 is 9.64 Å². The predicted molar refractivity (Wildman–Crippen MR) is 70.8 cm³/mol. The molecule has 1 aliphatic rings. The average Bonchev–Trinajstić information content (AvgIpc) is 2.27. The maximum absolute atomic E-state index is 5.81. The summed E-state index contributed by atoms with van der Waals surface area (Å²) in [5, 5.41) is 0. The van der Waals surface area contributed by atoms with Crippen LogP contribution in [0.2, 0.25) is 0 Å². The Hall–Kier alpha value is -0.800. The van der Waals surface area contributed by atoms with E-state index in [1.807, 2.05) is 6.20 Å². The molecule has 17 heavy (non-hydrogen) atoms. The number of aromatic nitrogens is 1. The minimum absolute atomic E-state index is 0.0997. The van der Waals surface area contributed by atoms with Crippen LogP contribution in [0.15, 0.2) is 12.3 Å². The van der Waals surface area contributed by atoms with Gasteiger partial charge in [-0.15, -0.1) is 11.6 Å². The SMILES string of the molecule is Cc1cc(CCl)cnc1N1CCOC(C)(C)C1. The van der Waals surface area contributed by atoms with E-state index < -0.39 is 0 Å². The molecule has 1 aliphatic heterocycles. The van der Waals surface area contributed by atoms with Crippen molar-refractivity contribution in [3.8, 4) is 0 Å². The van der Waals surface area contributed by atoms with Crippen LogP contribution in [0, 0.1) is 6.92 Å². The number of hydrogen-bond donors (Lipinski definition) is 0. The van der Waals surface area contributed by atoms with Gasteiger partial charge >= 0.3 is 0 Å². The second-order valence-electron chi connectivity index (χ2n) is 5.15. The number of halogens is 1. The number of anilines is 1. The van der Waals surface area contributed by atoms with E-state index in [1.54, 1.807) is 0 Å². The molecule has 1 fully saturated rings. The first-order chi connectivity index (χ1) is 8.02. The Morgan fingerprint density at radius 3 is 2.88 bits per heavy atom. The van der Waals surface area contributed by atoms with Crippen molar-refractivity contribution < 1.29 is 4.74 Å². The maximum Gasteiger partial charge on any atom is 0.131 e. The van der Waals surface area contributed by atoms with E-state index in [-0.39, 0.29) is 5.60 Å². The average molecular weight is 255 g/mol. The lowest BCUT2D eigenvalue weighted by Gasteiger charge is -2.39. The Labute approximate surface area is 108 Å². The Morgan fingerprint density at radius 1 is 1.53 bits per heavy atom. The predicted octanol–water partition coefficient (Wildman–Crippen LogP) is 2.74. The van der Waals surface area contributed by atoms with Gasteiger partial charge in [0, 0.05) is 25.2 Å². The molecule has 3 nitrogen and oxygen atoms in total. The molecule has 0 aliphatic carbocycles. The molecule has 0 radical (unpaired) electrons. The fourth-order valence-electron chi connectivity index (χ4n) is 2.23. The summed E-state index contributed by atoms with van der Waals surface area (Å²) in [4.78, 5) is 6.81. The number of pyridine rings is 1. The molecule has 1 aromatic heterocycles. The van der Waals surface area contributed by atoms with E-state index in [4.69, 9.17) is 16.3 Å². The zero-order valence-electron chi connectivity index (χ0n) is 10.7. The molecule has 0 spiro atoms. The monoisotopic (exact) mass is 254 g/mol. The number of aryl methyl sites for hydroxylation is 1. The summed E-state index contributed by atoms with van der Waals surface area (Å²) in [5.74, 6) is 1.57. The fourth-order valence-corrected chi connectivity index (χ4v) is 2.37. The highest BCUT2D eigenvalue weighted by molar-refractivity contribution is 6.17. The summed E-state index contributed by atoms with van der Waals surface area (Å²) < 4.78 is 5.71. The number of rotatable bonds is 2. The van der Waals surface area contributed by atoms with Gasteiger partial charge in [-0.1, -0.05) is 0 Å². The molecule has 0 saturated carbocycles. The Balaban J connectivity index is 2.22. The number of nitrogens with zero attached hydrogens (tertiary/aromatic N) is 2. The largest absolute Gasteiger partial charge is 0.372 e. The minimum atomic E-state index is -0.0997. The first-order valence-corrected chi connectivity index (χ1v) is 6.46. The third-order valence-corrected chi connectivity index (χ3v) is 3.30. The Kier molecular flexibility index (Phi) is 3.59. The Morgan fingerprint density at radius 2 is 2.29 bits per heavy atom. The zero-order valence-corrected chi connectivity index (χ0v) is 11.4. The molecule has 0 aromatic carbocycles. The van der Waals surface area contributed by atoms with Crippen LogP contribution in [0.1, 0.15) is 25.0 Å². The summed E-state index contributed by atoms with van der Waals surface area (Å²) >= 11 is 5.81. The van der Waals surface area contributed by atoms with Crippen molar-refractivity contribution in [3.63, 3.8) is 0 Å². The van der Waals surface area contributed by atoms with Crippen molar-refractivity contribution in [2.75, 3.05) is 24.6 Å². The normalized spacial score (nSPS) is 19.4. The van der Waals surface area contributed by atoms with Crippen LogP contribution in [-0.4, -0.2) is 30.3 Å². The van der Waals surface area contributed by atoms with Crippen molar-refractivity contribution in [1.82, 2.24) is 4.98 Å². The molecule has 2 heterocycles. The molecule has 0 amide bonds. The fraction of sp³-hybridized carbons (Fsp3) is 0.615. The van der Waals surface area contributed by atoms with Crippen LogP contribution in [0.25, 0.3) is 0 Å². The third-order valence-electron chi connectivity index (χ3n) is 2.99. The van der Waals surface area contributed by atoms with Gasteiger partial charge in [-0.2, -0.15) is 0 Å². The van der Waals surface area contributed by atoms with Gasteiger partial charge in [0.05, 0.1) is 12.2 Å². The van der Waals surface area contributed by atoms with Crippen LogP contribution in [-0.2, 0) is 10.6 Å². The minimum Gasteiger partial charge on any atom is -0.372 e. The van der Waals surface area contributed by atoms with Gasteiger partial charge in [0.2, 0.25) is 0 Å². The van der Waals surface area contributed by atoms with E-state index in [9.17, 15) is 0 Å². The summed E-state index contributed by atoms with van der Waals surface area (Å²) in [5.41, 5.74) is 2.15. The number of ether oxygens (including phenoxy) is 1. The molecule has 2 rings (SSSR count). The summed E-state index contributed by atoms with van der Waals surface area (Å²) in [7, 11) is 0. The van der Waals surface area contributed by atoms with Crippen molar-refractivity contribution in [2.24, 2.45) is 0 Å². The maximum atomic E-state index is 5.81. The number of hydrogen-bond acceptors (Lipinski definition) is 3. The van der Waals surface area contributed by atoms with Crippen LogP contribution in [0.4, 0.5) is 5.82 Å². The van der Waals surface area contributed by atoms with Crippen LogP contribution >= 0.6 is 11.6 Å². The van der Waals surface area contributed by atoms with Crippen LogP contribution in [0.5, 0.6) is 0 Å². The standard InChI is InChI=1S/C13H19ClN2O/c1-10-6-11(7-14)8-15-12(10)16-4-5-17-13(2,3)9-16/h6,8H,4-5,7,9H2,1-3H3. The van der Waals surface area contributed by atoms with Gasteiger partial charge in [-0.25, -0.2) is 4.98 Å². The summed E-state index contributed by atoms with van der Waals surface area (Å²) in [6, 6.07) is 2.11. The number of morpholine rings is 1. The third kappa shape index (κ3) is 2.90. The molecule has 0 N–H and O–H groups in total. The van der Waals surface area contributed by atoms with Gasteiger partial charge in [0.25, 0.3) is 0 Å². The smallest absolute Gasteiger partial charge is 0.131 e. The summed E-state index contributed by atoms with van der Waals surface area (Å²) in [6.07, 6.45) is 1.86. The molecule has 1 aromatic rings. The first kappa shape index (κ1) is 12.7. The highest BCUT2D eigenvalue weighted by atomic mass is 35.5. The molecule has 0 bridgehead atoms. The van der Waals surface area contributed by atoms with Crippen molar-refractivity contribution >= 4 is 17.4 Å². The van der Waals surface area contributed by atoms with Crippen molar-refractivity contribution in [2.45, 2.75) is 32.3 Å². The van der Waals surface area contributed by atoms with Crippen LogP contribution < -0.4 is 4.90 Å². The highest BCUT2D eigenvalue weighted by Crippen LogP contribution is 2.24. The topological polar surface area (TPSA) is 25.4 Å². The van der Waals surface area contributed by atoms with E-state index in [0.29, 0.717) is 5.88 Å². The molecule has 0 atom stereocenters. The van der Waals surface area contributed by atoms with Crippen molar-refractivity contribution in [3.05, 3.63) is 23.4 Å². The quantitative estimate of drug-likeness (QED) is 0.759. The molecular weight excluding hydrogens is 236 g/mol. The molecule has 94 valence electrons. The molecule has 0 unspecified atom stereocenters. The lowest BCUT2D eigenvalue weighted by atomic mass is 10.1. The lowest BCUT2D eigenvalue weighted by Crippen LogP contribution is -2.48. The molecule has 4 heteroatoms. The van der Waals surface area contributed by atoms with E-state index >= 15 is 0 Å². The van der Waals surface area contributed by atoms with E-state index in [1.165, 1.54) is 5.56 Å². The Bertz CT molecular complexity index is 406. The van der Waals surface area contributed by atoms with E-state index in [0.717, 1.165) is 31.1 Å². The van der Waals surface area contributed by atoms with E-state index in [2.05, 4.69) is 36.7 Å². The second kappa shape index (κ2) is 4.83. The van der Waals surface area contributed by atoms with Crippen molar-refractivity contribution in [1.29, 1.82) is 0 Å². The van der Waals surface area contributed by atoms with Gasteiger partial charge in [-0.05, 0) is 38.0 Å². The summed E-state index contributed by atoms with van der Waals surface area (Å²) in [6.45, 7) is 8.84. The number of alkyl halides is 1. The first-order valence-electron chi connectivity index (χ1n) is 5.92. The molecular formula is C13H19ClN2O. The lowest BCUT2D eigenvalue weighted by molar-refractivity contribution is -0.0279. The molecule has 1 saturated heterocycles. The second-order valence-corrected chi connectivity index (χ2v) is 5.41. The zero-order chi connectivity index (χ0) is 12.5. The van der Waals surface area contributed by atoms with Crippen LogP contribution in [0.3, 0.4) is 0 Å². The highest BCUT2D eigenvalue weighted by Gasteiger charge is 2.28. The van der Waals surface area contributed by atoms with Gasteiger partial charge in [0.1, 0.15) is 5.82 Å².